The molecule has 166 valence electrons. The van der Waals surface area contributed by atoms with Crippen molar-refractivity contribution in [2.45, 2.75) is 51.4 Å². The minimum atomic E-state index is -0.186. The third-order valence-electron chi connectivity index (χ3n) is 5.80. The molecule has 1 aromatic heterocycles. The van der Waals surface area contributed by atoms with Gasteiger partial charge in [-0.15, -0.1) is 0 Å². The van der Waals surface area contributed by atoms with E-state index in [1.807, 2.05) is 24.3 Å². The number of pyridine rings is 1. The van der Waals surface area contributed by atoms with E-state index in [4.69, 9.17) is 9.47 Å². The predicted octanol–water partition coefficient (Wildman–Crippen LogP) is 3.23. The Bertz CT molecular complexity index is 848. The number of ether oxygens (including phenoxy) is 2. The monoisotopic (exact) mass is 424 g/mol. The predicted molar refractivity (Wildman–Crippen MR) is 119 cm³/mol. The van der Waals surface area contributed by atoms with E-state index >= 15 is 0 Å². The Kier molecular flexibility index (Phi) is 7.74. The summed E-state index contributed by atoms with van der Waals surface area (Å²) in [4.78, 5) is 18.9. The Labute approximate surface area is 184 Å². The van der Waals surface area contributed by atoms with Gasteiger partial charge in [0.1, 0.15) is 6.10 Å². The molecule has 1 saturated heterocycles. The van der Waals surface area contributed by atoms with Gasteiger partial charge in [0.25, 0.3) is 0 Å². The van der Waals surface area contributed by atoms with Crippen LogP contribution in [0.1, 0.15) is 42.4 Å². The number of carbonyl (C=O) groups is 1. The molecule has 1 saturated carbocycles. The molecule has 7 heteroatoms. The van der Waals surface area contributed by atoms with Crippen LogP contribution >= 0.6 is 0 Å². The Hall–Kier alpha value is -2.64. The summed E-state index contributed by atoms with van der Waals surface area (Å²) in [7, 11) is 0. The molecule has 4 rings (SSSR count). The second-order valence-electron chi connectivity index (χ2n) is 8.27. The fraction of sp³-hybridized carbons (Fsp3) is 0.500. The summed E-state index contributed by atoms with van der Waals surface area (Å²) in [6, 6.07) is 12.0. The molecule has 1 aromatic carbocycles. The molecule has 7 nitrogen and oxygen atoms in total. The molecule has 2 heterocycles. The van der Waals surface area contributed by atoms with Gasteiger partial charge < -0.3 is 20.1 Å². The molecular formula is C24H32N4O3. The van der Waals surface area contributed by atoms with Crippen LogP contribution in [0.15, 0.2) is 42.6 Å². The number of aromatic nitrogens is 1. The maximum Gasteiger partial charge on any atom is 0.315 e. The van der Waals surface area contributed by atoms with Crippen LogP contribution in [0.5, 0.6) is 5.88 Å². The number of urea groups is 1. The Morgan fingerprint density at radius 2 is 1.74 bits per heavy atom. The first-order valence-electron chi connectivity index (χ1n) is 11.3. The highest BCUT2D eigenvalue weighted by atomic mass is 16.5. The van der Waals surface area contributed by atoms with Crippen molar-refractivity contribution in [1.29, 1.82) is 0 Å². The fourth-order valence-corrected chi connectivity index (χ4v) is 4.08. The van der Waals surface area contributed by atoms with Crippen molar-refractivity contribution in [3.8, 4) is 5.88 Å². The molecule has 2 N–H and O–H groups in total. The number of rotatable bonds is 8. The quantitative estimate of drug-likeness (QED) is 0.681. The maximum absolute atomic E-state index is 12.3. The Balaban J connectivity index is 1.21. The SMILES string of the molecule is O=C(NCc1cccc(CN2CCOCC2)c1)NCc1ccnc(OC2CCCC2)c1. The van der Waals surface area contributed by atoms with E-state index < -0.39 is 0 Å². The van der Waals surface area contributed by atoms with Crippen molar-refractivity contribution in [3.63, 3.8) is 0 Å². The largest absolute Gasteiger partial charge is 0.474 e. The Morgan fingerprint density at radius 1 is 1.03 bits per heavy atom. The molecule has 1 aliphatic carbocycles. The highest BCUT2D eigenvalue weighted by Gasteiger charge is 2.17. The van der Waals surface area contributed by atoms with Crippen LogP contribution in [0.3, 0.4) is 0 Å². The Morgan fingerprint density at radius 3 is 2.52 bits per heavy atom. The van der Waals surface area contributed by atoms with Crippen molar-refractivity contribution < 1.29 is 14.3 Å². The minimum absolute atomic E-state index is 0.186. The minimum Gasteiger partial charge on any atom is -0.474 e. The van der Waals surface area contributed by atoms with E-state index in [0.717, 1.165) is 56.8 Å². The van der Waals surface area contributed by atoms with Crippen molar-refractivity contribution in [3.05, 3.63) is 59.3 Å². The number of morpholine rings is 1. The summed E-state index contributed by atoms with van der Waals surface area (Å²) in [5.74, 6) is 0.642. The van der Waals surface area contributed by atoms with Gasteiger partial charge in [0.2, 0.25) is 5.88 Å². The average Bonchev–Trinajstić information content (AvgIpc) is 3.31. The first-order chi connectivity index (χ1) is 15.2. The van der Waals surface area contributed by atoms with E-state index in [9.17, 15) is 4.79 Å². The number of carbonyl (C=O) groups excluding carboxylic acids is 1. The molecule has 0 spiro atoms. The number of nitrogens with zero attached hydrogens (tertiary/aromatic N) is 2. The lowest BCUT2D eigenvalue weighted by Gasteiger charge is -2.26. The van der Waals surface area contributed by atoms with Gasteiger partial charge in [0.05, 0.1) is 13.2 Å². The normalized spacial score (nSPS) is 17.4. The number of hydrogen-bond acceptors (Lipinski definition) is 5. The molecule has 0 atom stereocenters. The van der Waals surface area contributed by atoms with Gasteiger partial charge in [0, 0.05) is 45.0 Å². The van der Waals surface area contributed by atoms with E-state index in [1.54, 1.807) is 6.20 Å². The second kappa shape index (κ2) is 11.1. The molecule has 2 aromatic rings. The van der Waals surface area contributed by atoms with E-state index in [2.05, 4.69) is 32.7 Å². The summed E-state index contributed by atoms with van der Waals surface area (Å²) in [6.07, 6.45) is 6.65. The smallest absolute Gasteiger partial charge is 0.315 e. The number of nitrogens with one attached hydrogen (secondary N) is 2. The molecule has 31 heavy (non-hydrogen) atoms. The number of amides is 2. The van der Waals surface area contributed by atoms with Crippen LogP contribution < -0.4 is 15.4 Å². The summed E-state index contributed by atoms with van der Waals surface area (Å²) >= 11 is 0. The van der Waals surface area contributed by atoms with Crippen molar-refractivity contribution in [2.24, 2.45) is 0 Å². The van der Waals surface area contributed by atoms with Crippen LogP contribution in [0, 0.1) is 0 Å². The van der Waals surface area contributed by atoms with Gasteiger partial charge in [-0.3, -0.25) is 4.90 Å². The van der Waals surface area contributed by atoms with Gasteiger partial charge in [0.15, 0.2) is 0 Å². The molecule has 0 radical (unpaired) electrons. The van der Waals surface area contributed by atoms with Crippen LogP contribution in [-0.2, 0) is 24.4 Å². The average molecular weight is 425 g/mol. The molecule has 0 bridgehead atoms. The highest BCUT2D eigenvalue weighted by Crippen LogP contribution is 2.23. The topological polar surface area (TPSA) is 75.7 Å². The van der Waals surface area contributed by atoms with Crippen molar-refractivity contribution in [2.75, 3.05) is 26.3 Å². The molecule has 1 aliphatic heterocycles. The lowest BCUT2D eigenvalue weighted by molar-refractivity contribution is 0.0342. The lowest BCUT2D eigenvalue weighted by Crippen LogP contribution is -2.35. The zero-order chi connectivity index (χ0) is 21.3. The van der Waals surface area contributed by atoms with Crippen molar-refractivity contribution >= 4 is 6.03 Å². The molecule has 2 aliphatic rings. The van der Waals surface area contributed by atoms with Crippen LogP contribution in [0.2, 0.25) is 0 Å². The summed E-state index contributed by atoms with van der Waals surface area (Å²) in [6.45, 7) is 5.37. The molecule has 2 amide bonds. The van der Waals surface area contributed by atoms with Gasteiger partial charge in [-0.25, -0.2) is 9.78 Å². The van der Waals surface area contributed by atoms with E-state index in [-0.39, 0.29) is 12.1 Å². The zero-order valence-electron chi connectivity index (χ0n) is 18.0. The maximum atomic E-state index is 12.3. The summed E-state index contributed by atoms with van der Waals surface area (Å²) < 4.78 is 11.4. The molecular weight excluding hydrogens is 392 g/mol. The van der Waals surface area contributed by atoms with Gasteiger partial charge in [-0.2, -0.15) is 0 Å². The summed E-state index contributed by atoms with van der Waals surface area (Å²) in [5.41, 5.74) is 3.33. The first kappa shape index (κ1) is 21.6. The number of hydrogen-bond donors (Lipinski definition) is 2. The molecule has 0 unspecified atom stereocenters. The number of benzene rings is 1. The summed E-state index contributed by atoms with van der Waals surface area (Å²) in [5, 5.41) is 5.86. The third-order valence-corrected chi connectivity index (χ3v) is 5.80. The van der Waals surface area contributed by atoms with Crippen LogP contribution in [-0.4, -0.2) is 48.3 Å². The van der Waals surface area contributed by atoms with Gasteiger partial charge in [-0.05, 0) is 48.4 Å². The van der Waals surface area contributed by atoms with Gasteiger partial charge >= 0.3 is 6.03 Å². The van der Waals surface area contributed by atoms with Gasteiger partial charge in [-0.1, -0.05) is 24.3 Å². The standard InChI is InChI=1S/C24H32N4O3/c29-24(27-17-20-8-9-25-23(15-20)31-22-6-1-2-7-22)26-16-19-4-3-5-21(14-19)18-28-10-12-30-13-11-28/h3-5,8-9,14-15,22H,1-2,6-7,10-13,16-18H2,(H2,26,27,29). The van der Waals surface area contributed by atoms with E-state index in [0.29, 0.717) is 19.0 Å². The molecule has 2 fully saturated rings. The highest BCUT2D eigenvalue weighted by molar-refractivity contribution is 5.73. The zero-order valence-corrected chi connectivity index (χ0v) is 18.0. The second-order valence-corrected chi connectivity index (χ2v) is 8.27. The lowest BCUT2D eigenvalue weighted by atomic mass is 10.1. The third kappa shape index (κ3) is 6.94. The fourth-order valence-electron chi connectivity index (χ4n) is 4.08. The van der Waals surface area contributed by atoms with Crippen molar-refractivity contribution in [1.82, 2.24) is 20.5 Å². The van der Waals surface area contributed by atoms with Crippen LogP contribution in [0.4, 0.5) is 4.79 Å². The first-order valence-corrected chi connectivity index (χ1v) is 11.3. The van der Waals surface area contributed by atoms with E-state index in [1.165, 1.54) is 18.4 Å². The van der Waals surface area contributed by atoms with Crippen LogP contribution in [0.25, 0.3) is 0 Å².